The lowest BCUT2D eigenvalue weighted by molar-refractivity contribution is -0.133. The van der Waals surface area contributed by atoms with Gasteiger partial charge in [-0.2, -0.15) is 5.26 Å². The number of nitrogens with one attached hydrogen (secondary N) is 1. The minimum absolute atomic E-state index is 0.0140. The van der Waals surface area contributed by atoms with Crippen LogP contribution in [0, 0.1) is 11.3 Å². The van der Waals surface area contributed by atoms with E-state index in [1.807, 2.05) is 17.0 Å². The van der Waals surface area contributed by atoms with E-state index in [-0.39, 0.29) is 11.9 Å². The summed E-state index contributed by atoms with van der Waals surface area (Å²) in [6, 6.07) is 9.56. The standard InChI is InChI=1S/C16H21N3O/c1-2-10-19(16(20)15-4-3-9-18-15)12-14-7-5-13(11-17)6-8-14/h5-8,15,18H,2-4,9-10,12H2,1H3/t15-/m1/s1. The summed E-state index contributed by atoms with van der Waals surface area (Å²) in [7, 11) is 0. The van der Waals surface area contributed by atoms with Crippen molar-refractivity contribution in [3.05, 3.63) is 35.4 Å². The summed E-state index contributed by atoms with van der Waals surface area (Å²) in [5, 5.41) is 12.1. The van der Waals surface area contributed by atoms with Gasteiger partial charge in [-0.05, 0) is 43.5 Å². The van der Waals surface area contributed by atoms with Crippen LogP contribution in [0.1, 0.15) is 37.3 Å². The molecule has 2 rings (SSSR count). The number of hydrogen-bond donors (Lipinski definition) is 1. The molecule has 0 radical (unpaired) electrons. The van der Waals surface area contributed by atoms with E-state index in [0.717, 1.165) is 37.9 Å². The van der Waals surface area contributed by atoms with Gasteiger partial charge < -0.3 is 10.2 Å². The molecular weight excluding hydrogens is 250 g/mol. The van der Waals surface area contributed by atoms with Gasteiger partial charge in [0.25, 0.3) is 0 Å². The fourth-order valence-electron chi connectivity index (χ4n) is 2.56. The maximum absolute atomic E-state index is 12.5. The molecule has 0 saturated carbocycles. The Morgan fingerprint density at radius 2 is 2.20 bits per heavy atom. The lowest BCUT2D eigenvalue weighted by Crippen LogP contribution is -2.43. The number of nitriles is 1. The molecule has 20 heavy (non-hydrogen) atoms. The van der Waals surface area contributed by atoms with Crippen LogP contribution in [0.4, 0.5) is 0 Å². The molecule has 1 fully saturated rings. The number of hydrogen-bond acceptors (Lipinski definition) is 3. The molecule has 1 saturated heterocycles. The lowest BCUT2D eigenvalue weighted by Gasteiger charge is -2.25. The predicted octanol–water partition coefficient (Wildman–Crippen LogP) is 2.05. The minimum atomic E-state index is -0.0140. The highest BCUT2D eigenvalue weighted by Gasteiger charge is 2.26. The zero-order valence-electron chi connectivity index (χ0n) is 11.9. The summed E-state index contributed by atoms with van der Waals surface area (Å²) < 4.78 is 0. The fraction of sp³-hybridized carbons (Fsp3) is 0.500. The summed E-state index contributed by atoms with van der Waals surface area (Å²) >= 11 is 0. The van der Waals surface area contributed by atoms with Gasteiger partial charge in [0.15, 0.2) is 0 Å². The van der Waals surface area contributed by atoms with Crippen LogP contribution in [0.15, 0.2) is 24.3 Å². The zero-order valence-corrected chi connectivity index (χ0v) is 11.9. The second-order valence-electron chi connectivity index (χ2n) is 5.22. The van der Waals surface area contributed by atoms with Crippen LogP contribution in [0.3, 0.4) is 0 Å². The third-order valence-electron chi connectivity index (χ3n) is 3.62. The Labute approximate surface area is 120 Å². The molecular formula is C16H21N3O. The van der Waals surface area contributed by atoms with Crippen molar-refractivity contribution >= 4 is 5.91 Å². The van der Waals surface area contributed by atoms with E-state index in [2.05, 4.69) is 18.3 Å². The first kappa shape index (κ1) is 14.5. The van der Waals surface area contributed by atoms with Crippen molar-refractivity contribution in [1.82, 2.24) is 10.2 Å². The highest BCUT2D eigenvalue weighted by Crippen LogP contribution is 2.13. The van der Waals surface area contributed by atoms with E-state index >= 15 is 0 Å². The van der Waals surface area contributed by atoms with Crippen molar-refractivity contribution in [3.8, 4) is 6.07 Å². The fourth-order valence-corrected chi connectivity index (χ4v) is 2.56. The van der Waals surface area contributed by atoms with E-state index < -0.39 is 0 Å². The average molecular weight is 271 g/mol. The van der Waals surface area contributed by atoms with Gasteiger partial charge in [-0.1, -0.05) is 19.1 Å². The number of benzene rings is 1. The Balaban J connectivity index is 2.03. The quantitative estimate of drug-likeness (QED) is 0.891. The van der Waals surface area contributed by atoms with E-state index in [0.29, 0.717) is 12.1 Å². The topological polar surface area (TPSA) is 56.1 Å². The van der Waals surface area contributed by atoms with E-state index in [9.17, 15) is 4.79 Å². The smallest absolute Gasteiger partial charge is 0.240 e. The van der Waals surface area contributed by atoms with Crippen LogP contribution in [-0.2, 0) is 11.3 Å². The second kappa shape index (κ2) is 7.06. The molecule has 4 heteroatoms. The van der Waals surface area contributed by atoms with Crippen LogP contribution >= 0.6 is 0 Å². The Morgan fingerprint density at radius 3 is 2.75 bits per heavy atom. The van der Waals surface area contributed by atoms with Gasteiger partial charge in [0.2, 0.25) is 5.91 Å². The maximum atomic E-state index is 12.5. The summed E-state index contributed by atoms with van der Waals surface area (Å²) in [4.78, 5) is 14.4. The van der Waals surface area contributed by atoms with Gasteiger partial charge in [-0.25, -0.2) is 0 Å². The first-order chi connectivity index (χ1) is 9.74. The minimum Gasteiger partial charge on any atom is -0.337 e. The molecule has 4 nitrogen and oxygen atoms in total. The largest absolute Gasteiger partial charge is 0.337 e. The number of nitrogens with zero attached hydrogens (tertiary/aromatic N) is 2. The molecule has 0 spiro atoms. The Hall–Kier alpha value is -1.86. The summed E-state index contributed by atoms with van der Waals surface area (Å²) in [6.07, 6.45) is 2.97. The van der Waals surface area contributed by atoms with Gasteiger partial charge in [0.1, 0.15) is 0 Å². The monoisotopic (exact) mass is 271 g/mol. The molecule has 0 bridgehead atoms. The van der Waals surface area contributed by atoms with Crippen LogP contribution < -0.4 is 5.32 Å². The van der Waals surface area contributed by atoms with Crippen molar-refractivity contribution in [3.63, 3.8) is 0 Å². The molecule has 1 aliphatic rings. The van der Waals surface area contributed by atoms with Crippen molar-refractivity contribution in [1.29, 1.82) is 5.26 Å². The van der Waals surface area contributed by atoms with Gasteiger partial charge >= 0.3 is 0 Å². The van der Waals surface area contributed by atoms with Gasteiger partial charge in [-0.15, -0.1) is 0 Å². The van der Waals surface area contributed by atoms with Crippen molar-refractivity contribution < 1.29 is 4.79 Å². The third kappa shape index (κ3) is 3.58. The number of rotatable bonds is 5. The Bertz CT molecular complexity index is 483. The normalized spacial score (nSPS) is 17.7. The molecule has 0 unspecified atom stereocenters. The molecule has 1 aromatic carbocycles. The summed E-state index contributed by atoms with van der Waals surface area (Å²) in [5.41, 5.74) is 1.73. The summed E-state index contributed by atoms with van der Waals surface area (Å²) in [5.74, 6) is 0.203. The zero-order chi connectivity index (χ0) is 14.4. The number of carbonyl (C=O) groups is 1. The van der Waals surface area contributed by atoms with E-state index in [1.54, 1.807) is 12.1 Å². The van der Waals surface area contributed by atoms with Crippen LogP contribution in [0.2, 0.25) is 0 Å². The Morgan fingerprint density at radius 1 is 1.45 bits per heavy atom. The molecule has 0 aromatic heterocycles. The van der Waals surface area contributed by atoms with Crippen LogP contribution in [0.5, 0.6) is 0 Å². The molecule has 0 aliphatic carbocycles. The predicted molar refractivity (Wildman–Crippen MR) is 77.9 cm³/mol. The maximum Gasteiger partial charge on any atom is 0.240 e. The number of amides is 1. The SMILES string of the molecule is CCCN(Cc1ccc(C#N)cc1)C(=O)[C@H]1CCCN1. The van der Waals surface area contributed by atoms with Crippen LogP contribution in [-0.4, -0.2) is 29.9 Å². The van der Waals surface area contributed by atoms with Crippen LogP contribution in [0.25, 0.3) is 0 Å². The highest BCUT2D eigenvalue weighted by molar-refractivity contribution is 5.82. The Kier molecular flexibility index (Phi) is 5.14. The lowest BCUT2D eigenvalue weighted by atomic mass is 10.1. The third-order valence-corrected chi connectivity index (χ3v) is 3.62. The first-order valence-electron chi connectivity index (χ1n) is 7.25. The van der Waals surface area contributed by atoms with Gasteiger partial charge in [-0.3, -0.25) is 4.79 Å². The number of carbonyl (C=O) groups excluding carboxylic acids is 1. The molecule has 1 N–H and O–H groups in total. The van der Waals surface area contributed by atoms with Gasteiger partial charge in [0.05, 0.1) is 17.7 Å². The molecule has 1 aromatic rings. The average Bonchev–Trinajstić information content (AvgIpc) is 3.01. The second-order valence-corrected chi connectivity index (χ2v) is 5.22. The summed E-state index contributed by atoms with van der Waals surface area (Å²) in [6.45, 7) is 4.42. The molecule has 1 heterocycles. The van der Waals surface area contributed by atoms with E-state index in [1.165, 1.54) is 0 Å². The molecule has 1 amide bonds. The molecule has 1 aliphatic heterocycles. The van der Waals surface area contributed by atoms with Crippen molar-refractivity contribution in [2.45, 2.75) is 38.8 Å². The van der Waals surface area contributed by atoms with Crippen molar-refractivity contribution in [2.75, 3.05) is 13.1 Å². The van der Waals surface area contributed by atoms with Crippen molar-refractivity contribution in [2.24, 2.45) is 0 Å². The van der Waals surface area contributed by atoms with E-state index in [4.69, 9.17) is 5.26 Å². The van der Waals surface area contributed by atoms with Gasteiger partial charge in [0, 0.05) is 13.1 Å². The highest BCUT2D eigenvalue weighted by atomic mass is 16.2. The molecule has 106 valence electrons. The first-order valence-corrected chi connectivity index (χ1v) is 7.25. The molecule has 1 atom stereocenters.